The fraction of sp³-hybridized carbons (Fsp3) is 0.806. The molecular weight excluding hydrogens is 386 g/mol. The highest BCUT2D eigenvalue weighted by Crippen LogP contribution is 2.17. The minimum absolute atomic E-state index is 1.19. The second-order valence-corrected chi connectivity index (χ2v) is 10.2. The van der Waals surface area contributed by atoms with E-state index in [0.717, 1.165) is 0 Å². The van der Waals surface area contributed by atoms with Gasteiger partial charge in [0.2, 0.25) is 0 Å². The lowest BCUT2D eigenvalue weighted by Crippen LogP contribution is -2.18. The summed E-state index contributed by atoms with van der Waals surface area (Å²) in [6, 6.07) is 9.32. The Bertz CT molecular complexity index is 492. The van der Waals surface area contributed by atoms with Gasteiger partial charge in [0.25, 0.3) is 0 Å². The van der Waals surface area contributed by atoms with Gasteiger partial charge in [0, 0.05) is 19.3 Å². The summed E-state index contributed by atoms with van der Waals surface area (Å²) in [6.45, 7) is 5.77. The predicted molar refractivity (Wildman–Crippen MR) is 147 cm³/mol. The molecule has 1 aromatic carbocycles. The van der Waals surface area contributed by atoms with Crippen LogP contribution in [0.5, 0.6) is 0 Å². The third kappa shape index (κ3) is 16.6. The van der Waals surface area contributed by atoms with E-state index in [1.54, 1.807) is 0 Å². The lowest BCUT2D eigenvalue weighted by atomic mass is 10.0. The van der Waals surface area contributed by atoms with Crippen molar-refractivity contribution in [3.8, 4) is 0 Å². The molecule has 0 aliphatic rings. The van der Waals surface area contributed by atoms with Crippen LogP contribution in [-0.2, 0) is 6.42 Å². The van der Waals surface area contributed by atoms with Gasteiger partial charge in [0.15, 0.2) is 0 Å². The standard InChI is InChI=1S/C31H57N/c1-4-6-8-10-11-12-13-14-15-16-17-18-19-20-21-23-29-32(3)31-27-25-30(26-28-31)24-22-9-7-5-2/h25-28H,4-24,29H2,1-3H3. The Morgan fingerprint density at radius 3 is 1.28 bits per heavy atom. The van der Waals surface area contributed by atoms with Crippen LogP contribution in [-0.4, -0.2) is 13.6 Å². The Labute approximate surface area is 202 Å². The van der Waals surface area contributed by atoms with E-state index in [9.17, 15) is 0 Å². The van der Waals surface area contributed by atoms with Crippen LogP contribution in [0.3, 0.4) is 0 Å². The molecule has 186 valence electrons. The highest BCUT2D eigenvalue weighted by atomic mass is 15.1. The highest BCUT2D eigenvalue weighted by Gasteiger charge is 2.02. The van der Waals surface area contributed by atoms with Crippen molar-refractivity contribution in [2.75, 3.05) is 18.5 Å². The largest absolute Gasteiger partial charge is 0.375 e. The third-order valence-electron chi connectivity index (χ3n) is 7.04. The normalized spacial score (nSPS) is 11.2. The maximum absolute atomic E-state index is 2.44. The van der Waals surface area contributed by atoms with E-state index < -0.39 is 0 Å². The summed E-state index contributed by atoms with van der Waals surface area (Å²) in [6.07, 6.45) is 29.7. The highest BCUT2D eigenvalue weighted by molar-refractivity contribution is 5.46. The van der Waals surface area contributed by atoms with E-state index in [2.05, 4.69) is 50.1 Å². The van der Waals surface area contributed by atoms with Gasteiger partial charge in [-0.25, -0.2) is 0 Å². The van der Waals surface area contributed by atoms with E-state index in [1.807, 2.05) is 0 Å². The Kier molecular flexibility index (Phi) is 19.8. The van der Waals surface area contributed by atoms with Crippen LogP contribution >= 0.6 is 0 Å². The van der Waals surface area contributed by atoms with Crippen LogP contribution in [0.25, 0.3) is 0 Å². The van der Waals surface area contributed by atoms with Crippen LogP contribution in [0.4, 0.5) is 5.69 Å². The second kappa shape index (κ2) is 21.8. The van der Waals surface area contributed by atoms with Gasteiger partial charge in [0.05, 0.1) is 0 Å². The number of benzene rings is 1. The average molecular weight is 444 g/mol. The molecule has 0 atom stereocenters. The van der Waals surface area contributed by atoms with Crippen LogP contribution in [0.1, 0.15) is 148 Å². The van der Waals surface area contributed by atoms with Crippen molar-refractivity contribution >= 4 is 5.69 Å². The van der Waals surface area contributed by atoms with Crippen LogP contribution in [0.2, 0.25) is 0 Å². The van der Waals surface area contributed by atoms with E-state index >= 15 is 0 Å². The molecular formula is C31H57N. The lowest BCUT2D eigenvalue weighted by molar-refractivity contribution is 0.529. The molecule has 0 amide bonds. The number of nitrogens with zero attached hydrogens (tertiary/aromatic N) is 1. The molecule has 0 heterocycles. The molecule has 0 saturated carbocycles. The zero-order valence-corrected chi connectivity index (χ0v) is 22.3. The molecule has 0 unspecified atom stereocenters. The monoisotopic (exact) mass is 443 g/mol. The number of hydrogen-bond acceptors (Lipinski definition) is 1. The summed E-state index contributed by atoms with van der Waals surface area (Å²) >= 11 is 0. The fourth-order valence-corrected chi connectivity index (χ4v) is 4.70. The third-order valence-corrected chi connectivity index (χ3v) is 7.04. The number of unbranched alkanes of at least 4 members (excludes halogenated alkanes) is 18. The molecule has 0 aliphatic heterocycles. The molecule has 0 radical (unpaired) electrons. The molecule has 0 aromatic heterocycles. The van der Waals surface area contributed by atoms with Crippen LogP contribution < -0.4 is 4.90 Å². The second-order valence-electron chi connectivity index (χ2n) is 10.2. The number of aryl methyl sites for hydroxylation is 1. The van der Waals surface area contributed by atoms with Crippen molar-refractivity contribution < 1.29 is 0 Å². The average Bonchev–Trinajstić information content (AvgIpc) is 2.82. The Hall–Kier alpha value is -0.980. The van der Waals surface area contributed by atoms with Gasteiger partial charge in [-0.2, -0.15) is 0 Å². The molecule has 1 heteroatoms. The van der Waals surface area contributed by atoms with Gasteiger partial charge in [-0.05, 0) is 37.0 Å². The lowest BCUT2D eigenvalue weighted by Gasteiger charge is -2.19. The smallest absolute Gasteiger partial charge is 0.0363 e. The molecule has 0 spiro atoms. The van der Waals surface area contributed by atoms with Gasteiger partial charge in [0.1, 0.15) is 0 Å². The van der Waals surface area contributed by atoms with Crippen molar-refractivity contribution in [2.24, 2.45) is 0 Å². The maximum atomic E-state index is 2.44. The van der Waals surface area contributed by atoms with Crippen molar-refractivity contribution in [3.05, 3.63) is 29.8 Å². The quantitative estimate of drug-likeness (QED) is 0.152. The first-order valence-electron chi connectivity index (χ1n) is 14.6. The van der Waals surface area contributed by atoms with E-state index in [0.29, 0.717) is 0 Å². The minimum Gasteiger partial charge on any atom is -0.375 e. The first-order chi connectivity index (χ1) is 15.8. The molecule has 1 nitrogen and oxygen atoms in total. The molecule has 0 fully saturated rings. The summed E-state index contributed by atoms with van der Waals surface area (Å²) in [4.78, 5) is 2.44. The van der Waals surface area contributed by atoms with E-state index in [1.165, 1.54) is 153 Å². The molecule has 32 heavy (non-hydrogen) atoms. The van der Waals surface area contributed by atoms with Gasteiger partial charge in [-0.15, -0.1) is 0 Å². The fourth-order valence-electron chi connectivity index (χ4n) is 4.70. The first kappa shape index (κ1) is 29.1. The van der Waals surface area contributed by atoms with Crippen LogP contribution in [0.15, 0.2) is 24.3 Å². The summed E-state index contributed by atoms with van der Waals surface area (Å²) in [7, 11) is 2.25. The zero-order valence-electron chi connectivity index (χ0n) is 22.3. The Morgan fingerprint density at radius 1 is 0.469 bits per heavy atom. The molecule has 1 rings (SSSR count). The summed E-state index contributed by atoms with van der Waals surface area (Å²) in [5.74, 6) is 0. The van der Waals surface area contributed by atoms with Crippen molar-refractivity contribution in [3.63, 3.8) is 0 Å². The molecule has 0 bridgehead atoms. The predicted octanol–water partition coefficient (Wildman–Crippen LogP) is 10.5. The number of anilines is 1. The molecule has 0 aliphatic carbocycles. The van der Waals surface area contributed by atoms with Gasteiger partial charge in [-0.1, -0.05) is 142 Å². The number of rotatable bonds is 23. The summed E-state index contributed by atoms with van der Waals surface area (Å²) in [5.41, 5.74) is 2.88. The van der Waals surface area contributed by atoms with Crippen molar-refractivity contribution in [1.82, 2.24) is 0 Å². The van der Waals surface area contributed by atoms with Gasteiger partial charge >= 0.3 is 0 Å². The van der Waals surface area contributed by atoms with Gasteiger partial charge < -0.3 is 4.90 Å². The van der Waals surface area contributed by atoms with Crippen LogP contribution in [0, 0.1) is 0 Å². The Balaban J connectivity index is 1.89. The summed E-state index contributed by atoms with van der Waals surface area (Å²) < 4.78 is 0. The minimum atomic E-state index is 1.19. The zero-order chi connectivity index (χ0) is 23.1. The molecule has 0 saturated heterocycles. The first-order valence-corrected chi connectivity index (χ1v) is 14.6. The molecule has 1 aromatic rings. The van der Waals surface area contributed by atoms with E-state index in [-0.39, 0.29) is 0 Å². The van der Waals surface area contributed by atoms with Crippen molar-refractivity contribution in [1.29, 1.82) is 0 Å². The molecule has 0 N–H and O–H groups in total. The van der Waals surface area contributed by atoms with E-state index in [4.69, 9.17) is 0 Å². The SMILES string of the molecule is CCCCCCCCCCCCCCCCCCN(C)c1ccc(CCCCCC)cc1. The Morgan fingerprint density at radius 2 is 0.844 bits per heavy atom. The topological polar surface area (TPSA) is 3.24 Å². The maximum Gasteiger partial charge on any atom is 0.0363 e. The van der Waals surface area contributed by atoms with Gasteiger partial charge in [-0.3, -0.25) is 0 Å². The van der Waals surface area contributed by atoms with Crippen molar-refractivity contribution in [2.45, 2.75) is 149 Å². The number of hydrogen-bond donors (Lipinski definition) is 0. The summed E-state index contributed by atoms with van der Waals surface area (Å²) in [5, 5.41) is 0.